The van der Waals surface area contributed by atoms with E-state index in [1.807, 2.05) is 21.1 Å². The maximum Gasteiger partial charge on any atom is 0.306 e. The Morgan fingerprint density at radius 1 is 0.443 bits per heavy atom. The molecule has 0 fully saturated rings. The maximum atomic E-state index is 12.8. The summed E-state index contributed by atoms with van der Waals surface area (Å²) in [5, 5.41) is 0. The highest BCUT2D eigenvalue weighted by molar-refractivity contribution is 7.45. The van der Waals surface area contributed by atoms with E-state index in [-0.39, 0.29) is 32.0 Å². The normalized spacial score (nSPS) is 13.5. The molecule has 9 nitrogen and oxygen atoms in total. The Hall–Kier alpha value is -1.77. The smallest absolute Gasteiger partial charge is 0.306 e. The Morgan fingerprint density at radius 3 is 1.17 bits per heavy atom. The number of allylic oxidation sites excluding steroid dienone is 6. The molecule has 70 heavy (non-hydrogen) atoms. The van der Waals surface area contributed by atoms with Crippen molar-refractivity contribution in [2.75, 3.05) is 47.5 Å². The highest BCUT2D eigenvalue weighted by Crippen LogP contribution is 2.38. The van der Waals surface area contributed by atoms with Gasteiger partial charge in [0.1, 0.15) is 19.8 Å². The summed E-state index contributed by atoms with van der Waals surface area (Å²) in [5.41, 5.74) is 0. The number of phosphoric ester groups is 1. The van der Waals surface area contributed by atoms with Gasteiger partial charge in [-0.15, -0.1) is 0 Å². The molecule has 0 heterocycles. The summed E-state index contributed by atoms with van der Waals surface area (Å²) in [6.45, 7) is 4.24. The van der Waals surface area contributed by atoms with Crippen molar-refractivity contribution in [3.8, 4) is 0 Å². The largest absolute Gasteiger partial charge is 0.756 e. The first-order valence-electron chi connectivity index (χ1n) is 29.7. The number of hydrogen-bond donors (Lipinski definition) is 0. The van der Waals surface area contributed by atoms with Gasteiger partial charge in [-0.05, 0) is 51.4 Å². The number of ether oxygens (including phenoxy) is 2. The molecule has 2 atom stereocenters. The second-order valence-electron chi connectivity index (χ2n) is 21.4. The minimum Gasteiger partial charge on any atom is -0.756 e. The number of carbonyl (C=O) groups excluding carboxylic acids is 2. The quantitative estimate of drug-likeness (QED) is 0.0195. The lowest BCUT2D eigenvalue weighted by Crippen LogP contribution is -2.37. The van der Waals surface area contributed by atoms with Crippen LogP contribution in [-0.2, 0) is 32.7 Å². The van der Waals surface area contributed by atoms with Crippen molar-refractivity contribution in [2.45, 2.75) is 290 Å². The van der Waals surface area contributed by atoms with Gasteiger partial charge in [0, 0.05) is 12.8 Å². The molecule has 412 valence electrons. The van der Waals surface area contributed by atoms with Gasteiger partial charge in [-0.1, -0.05) is 256 Å². The van der Waals surface area contributed by atoms with Crippen LogP contribution in [0.25, 0.3) is 0 Å². The fraction of sp³-hybridized carbons (Fsp3) is 0.867. The third kappa shape index (κ3) is 55.5. The third-order valence-corrected chi connectivity index (χ3v) is 14.1. The van der Waals surface area contributed by atoms with Crippen LogP contribution < -0.4 is 4.89 Å². The average Bonchev–Trinajstić information content (AvgIpc) is 3.32. The fourth-order valence-corrected chi connectivity index (χ4v) is 9.28. The van der Waals surface area contributed by atoms with Gasteiger partial charge in [0.15, 0.2) is 6.10 Å². The van der Waals surface area contributed by atoms with E-state index in [4.69, 9.17) is 18.5 Å². The number of phosphoric acid groups is 1. The first-order valence-corrected chi connectivity index (χ1v) is 31.2. The lowest BCUT2D eigenvalue weighted by Gasteiger charge is -2.28. The molecule has 0 saturated carbocycles. The minimum atomic E-state index is -4.64. The van der Waals surface area contributed by atoms with E-state index in [1.54, 1.807) is 0 Å². The third-order valence-electron chi connectivity index (χ3n) is 13.2. The molecule has 0 spiro atoms. The molecule has 0 aliphatic rings. The zero-order valence-corrected chi connectivity index (χ0v) is 47.6. The minimum absolute atomic E-state index is 0.0325. The van der Waals surface area contributed by atoms with E-state index in [2.05, 4.69) is 50.3 Å². The van der Waals surface area contributed by atoms with Crippen molar-refractivity contribution in [3.05, 3.63) is 36.5 Å². The Bertz CT molecular complexity index is 1280. The lowest BCUT2D eigenvalue weighted by molar-refractivity contribution is -0.870. The summed E-state index contributed by atoms with van der Waals surface area (Å²) in [4.78, 5) is 37.9. The van der Waals surface area contributed by atoms with Crippen molar-refractivity contribution in [2.24, 2.45) is 0 Å². The van der Waals surface area contributed by atoms with Gasteiger partial charge in [0.2, 0.25) is 0 Å². The second kappa shape index (κ2) is 52.1. The van der Waals surface area contributed by atoms with E-state index < -0.39 is 26.5 Å². The van der Waals surface area contributed by atoms with Crippen LogP contribution in [0.3, 0.4) is 0 Å². The van der Waals surface area contributed by atoms with Gasteiger partial charge in [-0.25, -0.2) is 0 Å². The monoisotopic (exact) mass is 1010 g/mol. The number of unbranched alkanes of at least 4 members (excludes halogenated alkanes) is 35. The zero-order chi connectivity index (χ0) is 51.3. The van der Waals surface area contributed by atoms with Crippen LogP contribution in [0.15, 0.2) is 36.5 Å². The van der Waals surface area contributed by atoms with Crippen LogP contribution in [0, 0.1) is 0 Å². The van der Waals surface area contributed by atoms with Gasteiger partial charge in [-0.2, -0.15) is 0 Å². The fourth-order valence-electron chi connectivity index (χ4n) is 8.55. The van der Waals surface area contributed by atoms with Gasteiger partial charge in [-0.3, -0.25) is 14.2 Å². The number of carbonyl (C=O) groups is 2. The molecule has 2 unspecified atom stereocenters. The standard InChI is InChI=1S/C60H114NO8P/c1-6-8-10-12-14-16-18-20-22-24-26-27-28-29-30-31-32-33-35-36-38-40-42-44-46-48-50-52-59(62)66-56-58(57-68-70(64,65)67-55-54-61(3,4)5)69-60(63)53-51-49-47-45-43-41-39-37-34-25-23-21-19-17-15-13-11-9-7-2/h15,17,21,23,34,37,58H,6-14,16,18-20,22,24-33,35-36,38-57H2,1-5H3/b17-15-,23-21-,37-34-. The topological polar surface area (TPSA) is 111 Å². The predicted octanol–water partition coefficient (Wildman–Crippen LogP) is 17.7. The van der Waals surface area contributed by atoms with Crippen LogP contribution in [0.2, 0.25) is 0 Å². The predicted molar refractivity (Wildman–Crippen MR) is 296 cm³/mol. The number of esters is 2. The highest BCUT2D eigenvalue weighted by atomic mass is 31.2. The number of likely N-dealkylation sites (N-methyl/N-ethyl adjacent to an activating group) is 1. The Morgan fingerprint density at radius 2 is 0.771 bits per heavy atom. The van der Waals surface area contributed by atoms with Gasteiger partial charge in [0.25, 0.3) is 7.82 Å². The van der Waals surface area contributed by atoms with Crippen molar-refractivity contribution in [1.82, 2.24) is 0 Å². The van der Waals surface area contributed by atoms with Crippen LogP contribution in [0.5, 0.6) is 0 Å². The van der Waals surface area contributed by atoms with E-state index in [1.165, 1.54) is 180 Å². The molecule has 0 aliphatic carbocycles. The summed E-state index contributed by atoms with van der Waals surface area (Å²) in [6, 6.07) is 0. The molecule has 0 aromatic heterocycles. The number of hydrogen-bond acceptors (Lipinski definition) is 8. The Labute approximate surface area is 433 Å². The average molecular weight is 1010 g/mol. The molecule has 0 rings (SSSR count). The first-order chi connectivity index (χ1) is 34.0. The van der Waals surface area contributed by atoms with Crippen molar-refractivity contribution in [1.29, 1.82) is 0 Å². The van der Waals surface area contributed by atoms with Crippen LogP contribution in [0.1, 0.15) is 284 Å². The molecule has 0 saturated heterocycles. The summed E-state index contributed by atoms with van der Waals surface area (Å²) >= 11 is 0. The van der Waals surface area contributed by atoms with E-state index in [0.29, 0.717) is 17.4 Å². The van der Waals surface area contributed by atoms with Crippen molar-refractivity contribution in [3.63, 3.8) is 0 Å². The summed E-state index contributed by atoms with van der Waals surface area (Å²) in [7, 11) is 1.17. The molecule has 0 bridgehead atoms. The first kappa shape index (κ1) is 68.2. The maximum absolute atomic E-state index is 12.8. The number of nitrogens with zero attached hydrogens (tertiary/aromatic N) is 1. The van der Waals surface area contributed by atoms with Crippen LogP contribution in [-0.4, -0.2) is 70.0 Å². The van der Waals surface area contributed by atoms with Crippen molar-refractivity contribution < 1.29 is 42.1 Å². The summed E-state index contributed by atoms with van der Waals surface area (Å²) < 4.78 is 34.2. The summed E-state index contributed by atoms with van der Waals surface area (Å²) in [5.74, 6) is -0.835. The van der Waals surface area contributed by atoms with E-state index >= 15 is 0 Å². The molecule has 0 radical (unpaired) electrons. The van der Waals surface area contributed by atoms with Crippen molar-refractivity contribution >= 4 is 19.8 Å². The Kier molecular flexibility index (Phi) is 50.8. The molecule has 0 aliphatic heterocycles. The molecule has 0 aromatic rings. The number of quaternary nitrogens is 1. The summed E-state index contributed by atoms with van der Waals surface area (Å²) in [6.07, 6.45) is 63.4. The molecular weight excluding hydrogens is 894 g/mol. The van der Waals surface area contributed by atoms with Gasteiger partial charge >= 0.3 is 11.9 Å². The van der Waals surface area contributed by atoms with E-state index in [0.717, 1.165) is 70.6 Å². The second-order valence-corrected chi connectivity index (χ2v) is 22.8. The Balaban J connectivity index is 4.10. The van der Waals surface area contributed by atoms with Gasteiger partial charge < -0.3 is 27.9 Å². The molecule has 10 heteroatoms. The highest BCUT2D eigenvalue weighted by Gasteiger charge is 2.22. The molecule has 0 N–H and O–H groups in total. The lowest BCUT2D eigenvalue weighted by atomic mass is 10.0. The van der Waals surface area contributed by atoms with E-state index in [9.17, 15) is 19.0 Å². The van der Waals surface area contributed by atoms with Gasteiger partial charge in [0.05, 0.1) is 27.7 Å². The van der Waals surface area contributed by atoms with Crippen LogP contribution in [0.4, 0.5) is 0 Å². The van der Waals surface area contributed by atoms with Crippen LogP contribution >= 0.6 is 7.82 Å². The number of rotatable bonds is 55. The SMILES string of the molecule is CCCCC/C=C\C/C=C\C/C=C\CCCCCCCCC(=O)OC(COC(=O)CCCCCCCCCCCCCCCCCCCCCCCCCCCCC)COP(=O)([O-])OCC[N+](C)(C)C. The molecule has 0 amide bonds. The zero-order valence-electron chi connectivity index (χ0n) is 46.7. The molecular formula is C60H114NO8P. The molecule has 0 aromatic carbocycles.